The lowest BCUT2D eigenvalue weighted by Gasteiger charge is -2.18. The van der Waals surface area contributed by atoms with Crippen molar-refractivity contribution in [3.05, 3.63) is 53.1 Å². The lowest BCUT2D eigenvalue weighted by atomic mass is 10.0. The number of nitriles is 1. The Balaban J connectivity index is 1.35. The van der Waals surface area contributed by atoms with Crippen molar-refractivity contribution in [2.75, 3.05) is 19.6 Å². The molecule has 0 spiro atoms. The van der Waals surface area contributed by atoms with Gasteiger partial charge in [-0.2, -0.15) is 10.2 Å². The van der Waals surface area contributed by atoms with Gasteiger partial charge in [0.2, 0.25) is 11.7 Å². The number of carbonyl (C=O) groups is 1. The summed E-state index contributed by atoms with van der Waals surface area (Å²) in [7, 11) is 0. The van der Waals surface area contributed by atoms with Crippen LogP contribution in [0.15, 0.2) is 40.9 Å². The molecule has 1 aromatic heterocycles. The monoisotopic (exact) mass is 471 g/mol. The number of benzene rings is 2. The normalized spacial score (nSPS) is 17.4. The van der Waals surface area contributed by atoms with E-state index in [0.717, 1.165) is 42.6 Å². The highest BCUT2D eigenvalue weighted by Crippen LogP contribution is 2.37. The second kappa shape index (κ2) is 9.88. The number of hydrogen-bond acceptors (Lipinski definition) is 7. The van der Waals surface area contributed by atoms with Crippen molar-refractivity contribution in [3.63, 3.8) is 0 Å². The van der Waals surface area contributed by atoms with Crippen LogP contribution in [0.3, 0.4) is 0 Å². The van der Waals surface area contributed by atoms with Crippen LogP contribution in [0.1, 0.15) is 55.8 Å². The Kier molecular flexibility index (Phi) is 6.51. The van der Waals surface area contributed by atoms with E-state index >= 15 is 0 Å². The number of aromatic nitrogens is 2. The first-order valence-electron chi connectivity index (χ1n) is 12.2. The molecular formula is C27H29N5O3. The molecule has 1 saturated heterocycles. The standard InChI is InChI=1S/C27H29N5O3/c1-17(2)34-24-11-8-18(14-19(24)15-28)27-30-26(31-35-27)22-7-5-6-21-20(22)9-10-23(21)29-25(33)16-32-12-3-4-13-32/h5-8,11,14,17,23H,3-4,9-10,12-13,16H2,1-2H3,(H,29,33). The molecule has 1 aliphatic carbocycles. The number of amides is 1. The summed E-state index contributed by atoms with van der Waals surface area (Å²) in [4.78, 5) is 19.4. The SMILES string of the molecule is CC(C)Oc1ccc(-c2nc(-c3cccc4c3CCC4NC(=O)CN3CCCC3)no2)cc1C#N. The zero-order valence-corrected chi connectivity index (χ0v) is 20.1. The van der Waals surface area contributed by atoms with Gasteiger partial charge in [0.05, 0.1) is 24.3 Å². The second-order valence-electron chi connectivity index (χ2n) is 9.43. The topological polar surface area (TPSA) is 104 Å². The Labute approximate surface area is 204 Å². The highest BCUT2D eigenvalue weighted by Gasteiger charge is 2.28. The summed E-state index contributed by atoms with van der Waals surface area (Å²) in [5.74, 6) is 1.46. The van der Waals surface area contributed by atoms with Crippen molar-refractivity contribution in [2.24, 2.45) is 0 Å². The van der Waals surface area contributed by atoms with Crippen LogP contribution >= 0.6 is 0 Å². The molecule has 8 nitrogen and oxygen atoms in total. The molecule has 8 heteroatoms. The van der Waals surface area contributed by atoms with Crippen LogP contribution in [0.5, 0.6) is 5.75 Å². The van der Waals surface area contributed by atoms with Crippen molar-refractivity contribution in [1.29, 1.82) is 5.26 Å². The van der Waals surface area contributed by atoms with Crippen LogP contribution in [-0.4, -0.2) is 46.7 Å². The molecule has 2 heterocycles. The van der Waals surface area contributed by atoms with Gasteiger partial charge < -0.3 is 14.6 Å². The zero-order valence-electron chi connectivity index (χ0n) is 20.1. The fraction of sp³-hybridized carbons (Fsp3) is 0.407. The molecular weight excluding hydrogens is 442 g/mol. The van der Waals surface area contributed by atoms with Crippen LogP contribution in [0.4, 0.5) is 0 Å². The number of nitrogens with zero attached hydrogens (tertiary/aromatic N) is 4. The fourth-order valence-corrected chi connectivity index (χ4v) is 4.95. The van der Waals surface area contributed by atoms with E-state index in [1.807, 2.05) is 32.0 Å². The van der Waals surface area contributed by atoms with Crippen molar-refractivity contribution < 1.29 is 14.1 Å². The maximum atomic E-state index is 12.6. The summed E-state index contributed by atoms with van der Waals surface area (Å²) in [6.07, 6.45) is 4.00. The lowest BCUT2D eigenvalue weighted by molar-refractivity contribution is -0.122. The van der Waals surface area contributed by atoms with Gasteiger partial charge in [-0.3, -0.25) is 9.69 Å². The molecule has 0 saturated carbocycles. The van der Waals surface area contributed by atoms with Crippen LogP contribution in [0.25, 0.3) is 22.8 Å². The maximum Gasteiger partial charge on any atom is 0.258 e. The maximum absolute atomic E-state index is 12.6. The number of hydrogen-bond donors (Lipinski definition) is 1. The van der Waals surface area contributed by atoms with Gasteiger partial charge in [0.15, 0.2) is 0 Å². The van der Waals surface area contributed by atoms with Gasteiger partial charge in [0.25, 0.3) is 5.89 Å². The number of nitrogens with one attached hydrogen (secondary N) is 1. The third-order valence-corrected chi connectivity index (χ3v) is 6.55. The van der Waals surface area contributed by atoms with Gasteiger partial charge in [-0.1, -0.05) is 23.4 Å². The average Bonchev–Trinajstić information content (AvgIpc) is 3.61. The molecule has 35 heavy (non-hydrogen) atoms. The van der Waals surface area contributed by atoms with E-state index in [9.17, 15) is 10.1 Å². The van der Waals surface area contributed by atoms with Crippen molar-refractivity contribution in [3.8, 4) is 34.7 Å². The molecule has 1 amide bonds. The zero-order chi connectivity index (χ0) is 24.4. The summed E-state index contributed by atoms with van der Waals surface area (Å²) in [5.41, 5.74) is 4.25. The van der Waals surface area contributed by atoms with E-state index in [-0.39, 0.29) is 18.1 Å². The minimum absolute atomic E-state index is 0.00175. The Morgan fingerprint density at radius 1 is 1.29 bits per heavy atom. The molecule has 1 atom stereocenters. The summed E-state index contributed by atoms with van der Waals surface area (Å²) in [6, 6.07) is 13.5. The first-order valence-corrected chi connectivity index (χ1v) is 12.2. The first kappa shape index (κ1) is 23.1. The minimum atomic E-state index is -0.0306. The van der Waals surface area contributed by atoms with Gasteiger partial charge in [0.1, 0.15) is 11.8 Å². The molecule has 1 N–H and O–H groups in total. The molecule has 1 unspecified atom stereocenters. The lowest BCUT2D eigenvalue weighted by Crippen LogP contribution is -2.37. The molecule has 2 aliphatic rings. The molecule has 1 fully saturated rings. The van der Waals surface area contributed by atoms with E-state index in [1.165, 1.54) is 12.8 Å². The average molecular weight is 472 g/mol. The van der Waals surface area contributed by atoms with Gasteiger partial charge >= 0.3 is 0 Å². The number of fused-ring (bicyclic) bond motifs is 1. The number of rotatable bonds is 7. The highest BCUT2D eigenvalue weighted by atomic mass is 16.5. The molecule has 5 rings (SSSR count). The van der Waals surface area contributed by atoms with Gasteiger partial charge in [-0.25, -0.2) is 0 Å². The summed E-state index contributed by atoms with van der Waals surface area (Å²) in [6.45, 7) is 6.30. The van der Waals surface area contributed by atoms with Gasteiger partial charge in [0, 0.05) is 11.1 Å². The third-order valence-electron chi connectivity index (χ3n) is 6.55. The summed E-state index contributed by atoms with van der Waals surface area (Å²) in [5, 5.41) is 17.0. The highest BCUT2D eigenvalue weighted by molar-refractivity contribution is 5.79. The van der Waals surface area contributed by atoms with Crippen LogP contribution in [0.2, 0.25) is 0 Å². The van der Waals surface area contributed by atoms with E-state index in [0.29, 0.717) is 35.1 Å². The number of ether oxygens (including phenoxy) is 1. The molecule has 2 aromatic carbocycles. The summed E-state index contributed by atoms with van der Waals surface area (Å²) < 4.78 is 11.3. The van der Waals surface area contributed by atoms with Crippen LogP contribution < -0.4 is 10.1 Å². The molecule has 180 valence electrons. The number of carbonyl (C=O) groups excluding carboxylic acids is 1. The minimum Gasteiger partial charge on any atom is -0.490 e. The van der Waals surface area contributed by atoms with Gasteiger partial charge in [-0.05, 0) is 81.9 Å². The Bertz CT molecular complexity index is 1270. The third kappa shape index (κ3) is 4.91. The smallest absolute Gasteiger partial charge is 0.258 e. The van der Waals surface area contributed by atoms with Crippen molar-refractivity contribution in [1.82, 2.24) is 20.4 Å². The van der Waals surface area contributed by atoms with Crippen LogP contribution in [-0.2, 0) is 11.2 Å². The van der Waals surface area contributed by atoms with E-state index in [4.69, 9.17) is 9.26 Å². The molecule has 0 bridgehead atoms. The van der Waals surface area contributed by atoms with Crippen molar-refractivity contribution in [2.45, 2.75) is 51.7 Å². The predicted molar refractivity (Wildman–Crippen MR) is 131 cm³/mol. The van der Waals surface area contributed by atoms with E-state index in [1.54, 1.807) is 12.1 Å². The van der Waals surface area contributed by atoms with Crippen LogP contribution in [0, 0.1) is 11.3 Å². The summed E-state index contributed by atoms with van der Waals surface area (Å²) >= 11 is 0. The quantitative estimate of drug-likeness (QED) is 0.549. The van der Waals surface area contributed by atoms with E-state index in [2.05, 4.69) is 32.5 Å². The largest absolute Gasteiger partial charge is 0.490 e. The second-order valence-corrected chi connectivity index (χ2v) is 9.43. The first-order chi connectivity index (χ1) is 17.0. The Morgan fingerprint density at radius 3 is 2.89 bits per heavy atom. The number of likely N-dealkylation sites (tertiary alicyclic amines) is 1. The Morgan fingerprint density at radius 2 is 2.11 bits per heavy atom. The van der Waals surface area contributed by atoms with E-state index < -0.39 is 0 Å². The van der Waals surface area contributed by atoms with Crippen molar-refractivity contribution >= 4 is 5.91 Å². The Hall–Kier alpha value is -3.70. The molecule has 1 aliphatic heterocycles. The molecule has 0 radical (unpaired) electrons. The van der Waals surface area contributed by atoms with Gasteiger partial charge in [-0.15, -0.1) is 0 Å². The molecule has 3 aromatic rings. The fourth-order valence-electron chi connectivity index (χ4n) is 4.95. The predicted octanol–water partition coefficient (Wildman–Crippen LogP) is 4.26.